The highest BCUT2D eigenvalue weighted by atomic mass is 16.1. The number of carbonyl (C=O) groups excluding carboxylic acids is 1. The molecule has 1 unspecified atom stereocenters. The van der Waals surface area contributed by atoms with Crippen LogP contribution in [0.2, 0.25) is 0 Å². The molecule has 1 aliphatic heterocycles. The number of aromatic nitrogens is 1. The molecule has 2 heterocycles. The largest absolute Gasteiger partial charge is 0.360 e. The minimum atomic E-state index is -0.521. The van der Waals surface area contributed by atoms with E-state index in [9.17, 15) is 10.1 Å². The van der Waals surface area contributed by atoms with Crippen LogP contribution >= 0.6 is 0 Å². The second-order valence-electron chi connectivity index (χ2n) is 9.63. The third kappa shape index (κ3) is 5.26. The molecule has 0 amide bonds. The normalized spacial score (nSPS) is 15.1. The zero-order chi connectivity index (χ0) is 26.5. The Morgan fingerprint density at radius 1 is 0.974 bits per heavy atom. The molecule has 0 spiro atoms. The topological polar surface area (TPSA) is 78.1 Å². The number of hydrogen-bond donors (Lipinski definition) is 1. The van der Waals surface area contributed by atoms with Gasteiger partial charge in [0.15, 0.2) is 0 Å². The molecule has 0 fully saturated rings. The van der Waals surface area contributed by atoms with Crippen LogP contribution in [0, 0.1) is 11.3 Å². The SMILES string of the molecule is CCCCC1=C(Cc2ccc(-c3ccccc3C#N)cc2)C(C(=O)c2ccc3ccccc3n2)NC(C)=N1. The number of rotatable bonds is 8. The molecular weight excluding hydrogens is 468 g/mol. The van der Waals surface area contributed by atoms with Crippen LogP contribution in [0.15, 0.2) is 101 Å². The molecule has 1 aromatic heterocycles. The highest BCUT2D eigenvalue weighted by Gasteiger charge is 2.30. The first-order valence-corrected chi connectivity index (χ1v) is 13.1. The van der Waals surface area contributed by atoms with Crippen molar-refractivity contribution < 1.29 is 4.79 Å². The predicted octanol–water partition coefficient (Wildman–Crippen LogP) is 7.03. The summed E-state index contributed by atoms with van der Waals surface area (Å²) in [5.41, 5.74) is 6.90. The molecule has 1 aliphatic rings. The highest BCUT2D eigenvalue weighted by Crippen LogP contribution is 2.29. The number of fused-ring (bicyclic) bond motifs is 1. The number of pyridine rings is 1. The lowest BCUT2D eigenvalue weighted by molar-refractivity contribution is 0.0959. The summed E-state index contributed by atoms with van der Waals surface area (Å²) < 4.78 is 0. The minimum absolute atomic E-state index is 0.0476. The van der Waals surface area contributed by atoms with Crippen molar-refractivity contribution in [2.24, 2.45) is 4.99 Å². The molecule has 0 saturated carbocycles. The Labute approximate surface area is 223 Å². The Balaban J connectivity index is 1.49. The maximum atomic E-state index is 13.9. The lowest BCUT2D eigenvalue weighted by Crippen LogP contribution is -2.45. The van der Waals surface area contributed by atoms with E-state index < -0.39 is 6.04 Å². The molecular formula is C33H30N4O. The molecule has 5 nitrogen and oxygen atoms in total. The molecule has 188 valence electrons. The number of aliphatic imine (C=N–C) groups is 1. The fraction of sp³-hybridized carbons (Fsp3) is 0.212. The van der Waals surface area contributed by atoms with Gasteiger partial charge in [0, 0.05) is 11.1 Å². The van der Waals surface area contributed by atoms with Gasteiger partial charge in [0.05, 0.1) is 23.0 Å². The average molecular weight is 499 g/mol. The number of benzene rings is 3. The number of unbranched alkanes of at least 4 members (excludes halogenated alkanes) is 1. The second kappa shape index (κ2) is 11.2. The minimum Gasteiger partial charge on any atom is -0.360 e. The molecule has 0 aliphatic carbocycles. The Hall–Kier alpha value is -4.56. The van der Waals surface area contributed by atoms with Crippen LogP contribution in [-0.2, 0) is 6.42 Å². The molecule has 0 bridgehead atoms. The van der Waals surface area contributed by atoms with Gasteiger partial charge in [-0.1, -0.05) is 80.1 Å². The van der Waals surface area contributed by atoms with Crippen molar-refractivity contribution in [1.29, 1.82) is 5.26 Å². The number of carbonyl (C=O) groups is 1. The molecule has 1 atom stereocenters. The van der Waals surface area contributed by atoms with Crippen LogP contribution in [0.3, 0.4) is 0 Å². The van der Waals surface area contributed by atoms with Crippen LogP contribution in [0.5, 0.6) is 0 Å². The summed E-state index contributed by atoms with van der Waals surface area (Å²) in [6.45, 7) is 4.08. The Kier molecular flexibility index (Phi) is 7.42. The Bertz CT molecular complexity index is 1590. The number of nitriles is 1. The smallest absolute Gasteiger partial charge is 0.207 e. The van der Waals surface area contributed by atoms with E-state index in [-0.39, 0.29) is 5.78 Å². The monoisotopic (exact) mass is 498 g/mol. The molecule has 5 heteroatoms. The number of nitrogens with zero attached hydrogens (tertiary/aromatic N) is 3. The number of hydrogen-bond acceptors (Lipinski definition) is 5. The predicted molar refractivity (Wildman–Crippen MR) is 153 cm³/mol. The second-order valence-corrected chi connectivity index (χ2v) is 9.63. The average Bonchev–Trinajstić information content (AvgIpc) is 2.96. The highest BCUT2D eigenvalue weighted by molar-refractivity contribution is 6.05. The maximum absolute atomic E-state index is 13.9. The first-order chi connectivity index (χ1) is 18.6. The van der Waals surface area contributed by atoms with Crippen molar-refractivity contribution >= 4 is 22.5 Å². The van der Waals surface area contributed by atoms with Gasteiger partial charge < -0.3 is 5.32 Å². The third-order valence-corrected chi connectivity index (χ3v) is 6.96. The molecule has 0 saturated heterocycles. The van der Waals surface area contributed by atoms with Crippen molar-refractivity contribution in [3.8, 4) is 17.2 Å². The summed E-state index contributed by atoms with van der Waals surface area (Å²) >= 11 is 0. The zero-order valence-corrected chi connectivity index (χ0v) is 21.7. The summed E-state index contributed by atoms with van der Waals surface area (Å²) in [6, 6.07) is 29.2. The number of allylic oxidation sites excluding steroid dienone is 1. The van der Waals surface area contributed by atoms with Gasteiger partial charge in [-0.15, -0.1) is 0 Å². The number of ketones is 1. The summed E-state index contributed by atoms with van der Waals surface area (Å²) in [6.07, 6.45) is 3.49. The van der Waals surface area contributed by atoms with Gasteiger partial charge in [0.1, 0.15) is 11.7 Å². The van der Waals surface area contributed by atoms with Crippen LogP contribution in [0.25, 0.3) is 22.0 Å². The van der Waals surface area contributed by atoms with Crippen LogP contribution in [-0.4, -0.2) is 22.6 Å². The molecule has 5 rings (SSSR count). The van der Waals surface area contributed by atoms with Gasteiger partial charge >= 0.3 is 0 Å². The van der Waals surface area contributed by atoms with E-state index in [4.69, 9.17) is 4.99 Å². The standard InChI is InChI=1S/C33H30N4O/c1-3-4-12-30-28(20-23-14-16-24(17-15-23)27-11-7-5-10-26(27)21-34)32(36-22(2)35-30)33(38)31-19-18-25-9-6-8-13-29(25)37-31/h5-11,13-19,32H,3-4,12,20H2,1-2H3,(H,35,36). The van der Waals surface area contributed by atoms with Crippen molar-refractivity contribution in [1.82, 2.24) is 10.3 Å². The quantitative estimate of drug-likeness (QED) is 0.264. The molecule has 4 aromatic rings. The molecule has 0 radical (unpaired) electrons. The Morgan fingerprint density at radius 3 is 2.53 bits per heavy atom. The lowest BCUT2D eigenvalue weighted by atomic mass is 9.89. The first-order valence-electron chi connectivity index (χ1n) is 13.1. The Morgan fingerprint density at radius 2 is 1.74 bits per heavy atom. The number of nitrogens with one attached hydrogen (secondary N) is 1. The summed E-state index contributed by atoms with van der Waals surface area (Å²) in [7, 11) is 0. The van der Waals surface area contributed by atoms with E-state index in [0.29, 0.717) is 17.7 Å². The van der Waals surface area contributed by atoms with Crippen LogP contribution in [0.4, 0.5) is 0 Å². The van der Waals surface area contributed by atoms with Crippen molar-refractivity contribution in [2.75, 3.05) is 0 Å². The van der Waals surface area contributed by atoms with E-state index >= 15 is 0 Å². The van der Waals surface area contributed by atoms with Gasteiger partial charge in [-0.25, -0.2) is 9.98 Å². The van der Waals surface area contributed by atoms with Crippen molar-refractivity contribution in [2.45, 2.75) is 45.6 Å². The van der Waals surface area contributed by atoms with Crippen molar-refractivity contribution in [3.63, 3.8) is 0 Å². The van der Waals surface area contributed by atoms with Crippen LogP contribution < -0.4 is 5.32 Å². The van der Waals surface area contributed by atoms with Gasteiger partial charge in [0.2, 0.25) is 5.78 Å². The van der Waals surface area contributed by atoms with Gasteiger partial charge in [-0.3, -0.25) is 4.79 Å². The fourth-order valence-electron chi connectivity index (χ4n) is 4.96. The van der Waals surface area contributed by atoms with Crippen LogP contribution in [0.1, 0.15) is 54.7 Å². The number of Topliss-reactive ketones (excluding diaryl/α,β-unsaturated/α-hetero) is 1. The molecule has 38 heavy (non-hydrogen) atoms. The summed E-state index contributed by atoms with van der Waals surface area (Å²) in [5, 5.41) is 13.9. The van der Waals surface area contributed by atoms with Gasteiger partial charge in [-0.05, 0) is 66.6 Å². The fourth-order valence-corrected chi connectivity index (χ4v) is 4.96. The molecule has 1 N–H and O–H groups in total. The van der Waals surface area contributed by atoms with E-state index in [2.05, 4.69) is 35.4 Å². The number of para-hydroxylation sites is 1. The summed E-state index contributed by atoms with van der Waals surface area (Å²) in [4.78, 5) is 23.4. The van der Waals surface area contributed by atoms with Gasteiger partial charge in [0.25, 0.3) is 0 Å². The van der Waals surface area contributed by atoms with E-state index in [1.807, 2.05) is 79.7 Å². The first kappa shape index (κ1) is 25.1. The van der Waals surface area contributed by atoms with Crippen molar-refractivity contribution in [3.05, 3.63) is 113 Å². The zero-order valence-electron chi connectivity index (χ0n) is 21.7. The van der Waals surface area contributed by atoms with E-state index in [1.54, 1.807) is 0 Å². The number of amidine groups is 1. The van der Waals surface area contributed by atoms with E-state index in [0.717, 1.165) is 64.0 Å². The maximum Gasteiger partial charge on any atom is 0.207 e. The van der Waals surface area contributed by atoms with Gasteiger partial charge in [-0.2, -0.15) is 5.26 Å². The third-order valence-electron chi connectivity index (χ3n) is 6.96. The lowest BCUT2D eigenvalue weighted by Gasteiger charge is -2.28. The molecule has 3 aromatic carbocycles. The summed E-state index contributed by atoms with van der Waals surface area (Å²) in [5.74, 6) is 0.705. The van der Waals surface area contributed by atoms with E-state index in [1.165, 1.54) is 0 Å².